The molecule has 3 fully saturated rings. The van der Waals surface area contributed by atoms with Crippen LogP contribution in [0.2, 0.25) is 0 Å². The molecule has 2 saturated carbocycles. The molecule has 1 aromatic rings. The zero-order valence-corrected chi connectivity index (χ0v) is 25.9. The van der Waals surface area contributed by atoms with Crippen LogP contribution in [0.15, 0.2) is 42.0 Å². The monoisotopic (exact) mass is 596 g/mol. The van der Waals surface area contributed by atoms with E-state index in [1.54, 1.807) is 50.3 Å². The molecule has 0 amide bonds. The van der Waals surface area contributed by atoms with Gasteiger partial charge in [0.05, 0.1) is 11.5 Å². The van der Waals surface area contributed by atoms with Crippen molar-refractivity contribution in [2.45, 2.75) is 97.4 Å². The molecule has 3 aliphatic carbocycles. The lowest BCUT2D eigenvalue weighted by atomic mass is 9.80. The van der Waals surface area contributed by atoms with E-state index in [2.05, 4.69) is 0 Å². The van der Waals surface area contributed by atoms with Crippen molar-refractivity contribution < 1.29 is 47.7 Å². The Balaban J connectivity index is 1.70. The fraction of sp³-hybridized carbons (Fsp3) is 0.606. The summed E-state index contributed by atoms with van der Waals surface area (Å²) in [5.74, 6) is -4.41. The zero-order chi connectivity index (χ0) is 31.6. The van der Waals surface area contributed by atoms with Gasteiger partial charge in [0.1, 0.15) is 18.3 Å². The second kappa shape index (κ2) is 10.6. The van der Waals surface area contributed by atoms with Crippen LogP contribution in [0.25, 0.3) is 0 Å². The highest BCUT2D eigenvalue weighted by Gasteiger charge is 2.84. The highest BCUT2D eigenvalue weighted by Crippen LogP contribution is 2.68. The second-order valence-electron chi connectivity index (χ2n) is 13.2. The van der Waals surface area contributed by atoms with E-state index < -0.39 is 82.7 Å². The minimum atomic E-state index is -1.34. The van der Waals surface area contributed by atoms with E-state index in [-0.39, 0.29) is 18.1 Å². The van der Waals surface area contributed by atoms with Crippen LogP contribution < -0.4 is 0 Å². The molecule has 0 unspecified atom stereocenters. The molecule has 0 N–H and O–H groups in total. The van der Waals surface area contributed by atoms with Crippen molar-refractivity contribution in [3.05, 3.63) is 47.5 Å². The van der Waals surface area contributed by atoms with E-state index in [9.17, 15) is 24.0 Å². The van der Waals surface area contributed by atoms with Crippen LogP contribution in [0.5, 0.6) is 0 Å². The maximum absolute atomic E-state index is 14.4. The van der Waals surface area contributed by atoms with Gasteiger partial charge in [-0.25, -0.2) is 4.79 Å². The average molecular weight is 597 g/mol. The summed E-state index contributed by atoms with van der Waals surface area (Å²) in [7, 11) is 0. The summed E-state index contributed by atoms with van der Waals surface area (Å²) in [6.45, 7) is 13.1. The predicted octanol–water partition coefficient (Wildman–Crippen LogP) is 3.99. The van der Waals surface area contributed by atoms with Crippen LogP contribution in [0, 0.1) is 29.1 Å². The molecule has 1 saturated heterocycles. The van der Waals surface area contributed by atoms with Crippen molar-refractivity contribution in [3.8, 4) is 0 Å². The fourth-order valence-corrected chi connectivity index (χ4v) is 7.97. The van der Waals surface area contributed by atoms with Crippen LogP contribution in [-0.4, -0.2) is 65.3 Å². The Morgan fingerprint density at radius 2 is 1.40 bits per heavy atom. The molecule has 43 heavy (non-hydrogen) atoms. The van der Waals surface area contributed by atoms with Gasteiger partial charge in [-0.05, 0) is 48.5 Å². The third-order valence-electron chi connectivity index (χ3n) is 9.82. The lowest BCUT2D eigenvalue weighted by Crippen LogP contribution is -2.43. The number of rotatable bonds is 5. The highest BCUT2D eigenvalue weighted by molar-refractivity contribution is 5.96. The number of epoxide rings is 1. The Labute approximate surface area is 251 Å². The first kappa shape index (κ1) is 30.9. The van der Waals surface area contributed by atoms with Gasteiger partial charge in [0.15, 0.2) is 23.1 Å². The smallest absolute Gasteiger partial charge is 0.338 e. The van der Waals surface area contributed by atoms with Gasteiger partial charge in [0.25, 0.3) is 0 Å². The summed E-state index contributed by atoms with van der Waals surface area (Å²) >= 11 is 0. The first-order chi connectivity index (χ1) is 20.1. The first-order valence-electron chi connectivity index (χ1n) is 14.8. The van der Waals surface area contributed by atoms with Crippen LogP contribution in [-0.2, 0) is 42.9 Å². The van der Waals surface area contributed by atoms with Gasteiger partial charge in [-0.2, -0.15) is 0 Å². The molecule has 0 aromatic heterocycles. The third kappa shape index (κ3) is 4.97. The van der Waals surface area contributed by atoms with Crippen LogP contribution in [0.4, 0.5) is 0 Å². The quantitative estimate of drug-likeness (QED) is 0.212. The predicted molar refractivity (Wildman–Crippen MR) is 151 cm³/mol. The van der Waals surface area contributed by atoms with Crippen molar-refractivity contribution in [1.82, 2.24) is 0 Å². The van der Waals surface area contributed by atoms with Crippen molar-refractivity contribution in [2.24, 2.45) is 29.1 Å². The minimum absolute atomic E-state index is 0.243. The number of benzene rings is 1. The summed E-state index contributed by atoms with van der Waals surface area (Å²) in [6.07, 6.45) is -1.73. The molecule has 1 aliphatic heterocycles. The molecule has 0 bridgehead atoms. The number of Topliss-reactive ketones (excluding diaryl/α,β-unsaturated/α-hetero) is 1. The van der Waals surface area contributed by atoms with Gasteiger partial charge in [-0.3, -0.25) is 19.2 Å². The second-order valence-corrected chi connectivity index (χ2v) is 13.2. The van der Waals surface area contributed by atoms with Gasteiger partial charge in [0, 0.05) is 32.6 Å². The Hall–Kier alpha value is -3.53. The Kier molecular flexibility index (Phi) is 7.60. The fourth-order valence-electron chi connectivity index (χ4n) is 7.97. The molecule has 0 radical (unpaired) electrons. The number of esters is 4. The SMILES string of the molecule is CC(=O)O[C@@H]1[C@@H]2[C@H]([C@H](OC(C)=O)[C@H](OC(=O)c3ccccc3)C(C)=C[C@@]34O[C@@]3(C[C@@H](C)[C@@H]4OC(C)=O)C(=O)[C@@H]1C)C2(C)C. The van der Waals surface area contributed by atoms with Crippen LogP contribution >= 0.6 is 0 Å². The molecule has 10 nitrogen and oxygen atoms in total. The van der Waals surface area contributed by atoms with Crippen molar-refractivity contribution in [3.63, 3.8) is 0 Å². The lowest BCUT2D eigenvalue weighted by Gasteiger charge is -2.30. The Morgan fingerprint density at radius 1 is 0.837 bits per heavy atom. The number of carbonyl (C=O) groups excluding carboxylic acids is 5. The van der Waals surface area contributed by atoms with Crippen LogP contribution in [0.3, 0.4) is 0 Å². The molecule has 0 spiro atoms. The summed E-state index contributed by atoms with van der Waals surface area (Å²) in [4.78, 5) is 65.0. The molecule has 10 atom stereocenters. The number of ether oxygens (including phenoxy) is 5. The van der Waals surface area contributed by atoms with E-state index in [1.165, 1.54) is 20.8 Å². The Morgan fingerprint density at radius 3 is 1.98 bits per heavy atom. The van der Waals surface area contributed by atoms with E-state index in [1.807, 2.05) is 20.8 Å². The van der Waals surface area contributed by atoms with E-state index in [4.69, 9.17) is 23.7 Å². The molecule has 5 rings (SSSR count). The molecule has 1 heterocycles. The summed E-state index contributed by atoms with van der Waals surface area (Å²) in [5, 5.41) is 0. The van der Waals surface area contributed by atoms with Crippen molar-refractivity contribution in [2.75, 3.05) is 0 Å². The third-order valence-corrected chi connectivity index (χ3v) is 9.82. The Bertz CT molecular complexity index is 1380. The largest absolute Gasteiger partial charge is 0.461 e. The number of carbonyl (C=O) groups is 5. The van der Waals surface area contributed by atoms with Crippen LogP contribution in [0.1, 0.15) is 72.2 Å². The van der Waals surface area contributed by atoms with Gasteiger partial charge in [0.2, 0.25) is 0 Å². The van der Waals surface area contributed by atoms with Gasteiger partial charge >= 0.3 is 23.9 Å². The van der Waals surface area contributed by atoms with Crippen molar-refractivity contribution in [1.29, 1.82) is 0 Å². The standard InChI is InChI=1S/C33H40O10/c1-16-14-33-29(41-21(6)36)17(2)15-32(33,43-33)28(37)18(3)26(39-19(4)34)23-24(31(23,7)8)27(40-20(5)35)25(16)42-30(38)22-12-10-9-11-13-22/h9-14,17-18,23-27,29H,15H2,1-8H3/t17-,18-,23+,24-,25-,26+,27+,29+,32+,33+/m1/s1. The average Bonchev–Trinajstić information content (AvgIpc) is 3.71. The maximum atomic E-state index is 14.4. The molecule has 10 heteroatoms. The number of ketones is 1. The topological polar surface area (TPSA) is 135 Å². The molecular weight excluding hydrogens is 556 g/mol. The van der Waals surface area contributed by atoms with Gasteiger partial charge in [-0.15, -0.1) is 0 Å². The summed E-state index contributed by atoms with van der Waals surface area (Å²) < 4.78 is 30.1. The van der Waals surface area contributed by atoms with Gasteiger partial charge < -0.3 is 23.7 Å². The van der Waals surface area contributed by atoms with Gasteiger partial charge in [-0.1, -0.05) is 45.9 Å². The summed E-state index contributed by atoms with van der Waals surface area (Å²) in [6, 6.07) is 8.45. The van der Waals surface area contributed by atoms with E-state index in [0.29, 0.717) is 11.1 Å². The maximum Gasteiger partial charge on any atom is 0.338 e. The molecule has 1 aromatic carbocycles. The highest BCUT2D eigenvalue weighted by atomic mass is 16.7. The number of fused-ring (bicyclic) bond motifs is 1. The first-order valence-corrected chi connectivity index (χ1v) is 14.8. The van der Waals surface area contributed by atoms with Crippen molar-refractivity contribution >= 4 is 29.7 Å². The van der Waals surface area contributed by atoms with E-state index in [0.717, 1.165) is 0 Å². The number of hydrogen-bond acceptors (Lipinski definition) is 10. The zero-order valence-electron chi connectivity index (χ0n) is 25.9. The lowest BCUT2D eigenvalue weighted by molar-refractivity contribution is -0.158. The minimum Gasteiger partial charge on any atom is -0.461 e. The number of hydrogen-bond donors (Lipinski definition) is 0. The molecular formula is C33H40O10. The molecule has 4 aliphatic rings. The summed E-state index contributed by atoms with van der Waals surface area (Å²) in [5.41, 5.74) is -2.45. The molecule has 232 valence electrons. The van der Waals surface area contributed by atoms with E-state index >= 15 is 0 Å². The normalized spacial score (nSPS) is 39.0.